The molecule has 3 rings (SSSR count). The van der Waals surface area contributed by atoms with Crippen LogP contribution in [0.2, 0.25) is 0 Å². The number of amides is 1. The molecule has 2 aromatic carbocycles. The zero-order chi connectivity index (χ0) is 20.8. The molecular weight excluding hydrogens is 374 g/mol. The first-order valence-electron chi connectivity index (χ1n) is 9.39. The molecule has 0 aromatic heterocycles. The lowest BCUT2D eigenvalue weighted by molar-refractivity contribution is -0.131. The molecule has 1 aliphatic rings. The highest BCUT2D eigenvalue weighted by Gasteiger charge is 2.24. The fourth-order valence-electron chi connectivity index (χ4n) is 3.13. The number of para-hydroxylation sites is 2. The van der Waals surface area contributed by atoms with Crippen molar-refractivity contribution in [3.05, 3.63) is 48.0 Å². The molecule has 29 heavy (non-hydrogen) atoms. The number of carbonyl (C=O) groups is 2. The van der Waals surface area contributed by atoms with Gasteiger partial charge in [-0.25, -0.2) is 0 Å². The Labute approximate surface area is 170 Å². The van der Waals surface area contributed by atoms with Crippen LogP contribution in [-0.4, -0.2) is 57.1 Å². The van der Waals surface area contributed by atoms with E-state index in [0.29, 0.717) is 41.7 Å². The quantitative estimate of drug-likeness (QED) is 0.636. The normalized spacial score (nSPS) is 14.8. The summed E-state index contributed by atoms with van der Waals surface area (Å²) in [6.07, 6.45) is -0.0161. The molecule has 1 aliphatic heterocycles. The summed E-state index contributed by atoms with van der Waals surface area (Å²) in [5.41, 5.74) is 0.485. The summed E-state index contributed by atoms with van der Waals surface area (Å²) in [4.78, 5) is 26.5. The first-order valence-corrected chi connectivity index (χ1v) is 9.39. The Morgan fingerprint density at radius 2 is 1.76 bits per heavy atom. The summed E-state index contributed by atoms with van der Waals surface area (Å²) in [6, 6.07) is 12.4. The highest BCUT2D eigenvalue weighted by atomic mass is 16.6. The number of ether oxygens (including phenoxy) is 4. The van der Waals surface area contributed by atoms with Crippen LogP contribution in [0.25, 0.3) is 0 Å². The maximum atomic E-state index is 12.5. The molecule has 2 aromatic rings. The smallest absolute Gasteiger partial charge is 0.222 e. The summed E-state index contributed by atoms with van der Waals surface area (Å²) < 4.78 is 22.0. The number of hydrogen-bond acceptors (Lipinski definition) is 6. The van der Waals surface area contributed by atoms with Crippen molar-refractivity contribution in [1.82, 2.24) is 4.90 Å². The number of nitrogens with zero attached hydrogens (tertiary/aromatic N) is 1. The third-order valence-corrected chi connectivity index (χ3v) is 4.74. The molecule has 7 nitrogen and oxygen atoms in total. The Morgan fingerprint density at radius 3 is 2.48 bits per heavy atom. The number of rotatable bonds is 8. The van der Waals surface area contributed by atoms with E-state index in [1.165, 1.54) is 14.2 Å². The minimum absolute atomic E-state index is 0.115. The Balaban J connectivity index is 1.51. The van der Waals surface area contributed by atoms with Crippen molar-refractivity contribution in [2.75, 3.05) is 34.4 Å². The first-order chi connectivity index (χ1) is 14.0. The van der Waals surface area contributed by atoms with Crippen molar-refractivity contribution < 1.29 is 28.5 Å². The minimum Gasteiger partial charge on any atom is -0.493 e. The van der Waals surface area contributed by atoms with E-state index in [1.807, 2.05) is 24.3 Å². The largest absolute Gasteiger partial charge is 0.493 e. The van der Waals surface area contributed by atoms with Crippen LogP contribution in [0.1, 0.15) is 23.2 Å². The molecule has 0 aliphatic carbocycles. The van der Waals surface area contributed by atoms with Crippen molar-refractivity contribution in [3.63, 3.8) is 0 Å². The molecule has 0 unspecified atom stereocenters. The number of methoxy groups -OCH3 is 2. The van der Waals surface area contributed by atoms with Gasteiger partial charge in [0.25, 0.3) is 0 Å². The van der Waals surface area contributed by atoms with Crippen LogP contribution in [-0.2, 0) is 4.79 Å². The van der Waals surface area contributed by atoms with Gasteiger partial charge < -0.3 is 23.8 Å². The van der Waals surface area contributed by atoms with Gasteiger partial charge in [0.2, 0.25) is 5.91 Å². The number of likely N-dealkylation sites (N-methyl/N-ethyl adjacent to an activating group) is 1. The van der Waals surface area contributed by atoms with Crippen LogP contribution in [0.5, 0.6) is 23.0 Å². The van der Waals surface area contributed by atoms with E-state index in [-0.39, 0.29) is 30.6 Å². The molecule has 1 atom stereocenters. The fourth-order valence-corrected chi connectivity index (χ4v) is 3.13. The van der Waals surface area contributed by atoms with Gasteiger partial charge in [-0.3, -0.25) is 9.59 Å². The molecule has 0 spiro atoms. The fraction of sp³-hybridized carbons (Fsp3) is 0.364. The number of fused-ring (bicyclic) bond motifs is 1. The molecule has 0 N–H and O–H groups in total. The maximum Gasteiger partial charge on any atom is 0.222 e. The topological polar surface area (TPSA) is 74.3 Å². The summed E-state index contributed by atoms with van der Waals surface area (Å²) in [5.74, 6) is 2.17. The predicted octanol–water partition coefficient (Wildman–Crippen LogP) is 2.97. The van der Waals surface area contributed by atoms with E-state index >= 15 is 0 Å². The van der Waals surface area contributed by atoms with Crippen LogP contribution in [0.15, 0.2) is 42.5 Å². The van der Waals surface area contributed by atoms with E-state index < -0.39 is 0 Å². The highest BCUT2D eigenvalue weighted by Crippen LogP contribution is 2.31. The molecule has 1 amide bonds. The summed E-state index contributed by atoms with van der Waals surface area (Å²) >= 11 is 0. The first kappa shape index (κ1) is 20.5. The van der Waals surface area contributed by atoms with Gasteiger partial charge in [-0.2, -0.15) is 0 Å². The van der Waals surface area contributed by atoms with E-state index in [1.54, 1.807) is 30.1 Å². The Hall–Kier alpha value is -3.22. The van der Waals surface area contributed by atoms with E-state index in [4.69, 9.17) is 18.9 Å². The minimum atomic E-state index is -0.250. The van der Waals surface area contributed by atoms with Crippen LogP contribution < -0.4 is 18.9 Å². The van der Waals surface area contributed by atoms with E-state index in [2.05, 4.69) is 0 Å². The van der Waals surface area contributed by atoms with Gasteiger partial charge in [-0.05, 0) is 30.3 Å². The second kappa shape index (κ2) is 9.32. The van der Waals surface area contributed by atoms with Gasteiger partial charge in [0, 0.05) is 25.5 Å². The number of benzene rings is 2. The van der Waals surface area contributed by atoms with Crippen molar-refractivity contribution >= 4 is 11.7 Å². The number of ketones is 1. The zero-order valence-electron chi connectivity index (χ0n) is 16.8. The third kappa shape index (κ3) is 4.99. The molecule has 154 valence electrons. The third-order valence-electron chi connectivity index (χ3n) is 4.74. The average Bonchev–Trinajstić information content (AvgIpc) is 2.76. The van der Waals surface area contributed by atoms with Gasteiger partial charge in [0.1, 0.15) is 6.61 Å². The molecular formula is C22H25NO6. The van der Waals surface area contributed by atoms with Crippen molar-refractivity contribution in [2.45, 2.75) is 18.9 Å². The van der Waals surface area contributed by atoms with Gasteiger partial charge in [-0.1, -0.05) is 12.1 Å². The van der Waals surface area contributed by atoms with Crippen LogP contribution in [0.4, 0.5) is 0 Å². The molecule has 0 radical (unpaired) electrons. The lowest BCUT2D eigenvalue weighted by Gasteiger charge is -2.29. The van der Waals surface area contributed by atoms with Gasteiger partial charge >= 0.3 is 0 Å². The van der Waals surface area contributed by atoms with E-state index in [9.17, 15) is 9.59 Å². The Kier molecular flexibility index (Phi) is 6.59. The Bertz CT molecular complexity index is 881. The maximum absolute atomic E-state index is 12.5. The molecule has 0 fully saturated rings. The van der Waals surface area contributed by atoms with Crippen LogP contribution >= 0.6 is 0 Å². The zero-order valence-corrected chi connectivity index (χ0v) is 16.8. The monoisotopic (exact) mass is 399 g/mol. The number of carbonyl (C=O) groups excluding carboxylic acids is 2. The van der Waals surface area contributed by atoms with Gasteiger partial charge in [0.15, 0.2) is 34.9 Å². The summed E-state index contributed by atoms with van der Waals surface area (Å²) in [6.45, 7) is 0.761. The standard InChI is InChI=1S/C22H25NO6/c1-23(13-16-14-28-19-6-4-5-7-20(19)29-16)22(25)11-9-17(24)15-8-10-18(26-2)21(12-15)27-3/h4-8,10,12,16H,9,11,13-14H2,1-3H3/t16-/m1/s1. The second-order valence-corrected chi connectivity index (χ2v) is 6.76. The average molecular weight is 399 g/mol. The molecule has 0 saturated heterocycles. The van der Waals surface area contributed by atoms with Crippen molar-refractivity contribution in [1.29, 1.82) is 0 Å². The molecule has 1 heterocycles. The Morgan fingerprint density at radius 1 is 1.03 bits per heavy atom. The van der Waals surface area contributed by atoms with Gasteiger partial charge in [0.05, 0.1) is 20.8 Å². The predicted molar refractivity (Wildman–Crippen MR) is 107 cm³/mol. The lowest BCUT2D eigenvalue weighted by Crippen LogP contribution is -2.41. The molecule has 7 heteroatoms. The highest BCUT2D eigenvalue weighted by molar-refractivity contribution is 5.98. The number of Topliss-reactive ketones (excluding diaryl/α,β-unsaturated/α-hetero) is 1. The van der Waals surface area contributed by atoms with Crippen LogP contribution in [0, 0.1) is 0 Å². The van der Waals surface area contributed by atoms with Crippen molar-refractivity contribution in [3.8, 4) is 23.0 Å². The van der Waals surface area contributed by atoms with Crippen molar-refractivity contribution in [2.24, 2.45) is 0 Å². The lowest BCUT2D eigenvalue weighted by atomic mass is 10.1. The SMILES string of the molecule is COc1ccc(C(=O)CCC(=O)N(C)C[C@@H]2COc3ccccc3O2)cc1OC. The van der Waals surface area contributed by atoms with Gasteiger partial charge in [-0.15, -0.1) is 0 Å². The molecule has 0 bridgehead atoms. The summed E-state index contributed by atoms with van der Waals surface area (Å²) in [5, 5.41) is 0. The second-order valence-electron chi connectivity index (χ2n) is 6.76. The summed E-state index contributed by atoms with van der Waals surface area (Å²) in [7, 11) is 4.75. The molecule has 0 saturated carbocycles. The van der Waals surface area contributed by atoms with Crippen LogP contribution in [0.3, 0.4) is 0 Å². The van der Waals surface area contributed by atoms with E-state index in [0.717, 1.165) is 0 Å². The number of hydrogen-bond donors (Lipinski definition) is 0.